The maximum atomic E-state index is 12.4. The van der Waals surface area contributed by atoms with Gasteiger partial charge in [-0.1, -0.05) is 0 Å². The molecule has 2 aromatic rings. The third kappa shape index (κ3) is 5.86. The molecule has 0 radical (unpaired) electrons. The highest BCUT2D eigenvalue weighted by molar-refractivity contribution is 5.93. The van der Waals surface area contributed by atoms with Crippen molar-refractivity contribution in [3.63, 3.8) is 0 Å². The van der Waals surface area contributed by atoms with Gasteiger partial charge in [-0.2, -0.15) is 0 Å². The molecule has 2 amide bonds. The quantitative estimate of drug-likeness (QED) is 0.614. The van der Waals surface area contributed by atoms with Gasteiger partial charge in [-0.3, -0.25) is 9.59 Å². The highest BCUT2D eigenvalue weighted by atomic mass is 16.6. The standard InChI is InChI=1S/C21H25N3O5/c1-3-24(13-20(25)22-15-4-7-17(27-2)8-5-15)14-21(26)23-16-6-9-18-19(12-16)29-11-10-28-18/h4-9,12H,3,10-11,13-14H2,1-2H3,(H,22,25)(H,23,26)/p+1. The van der Waals surface area contributed by atoms with E-state index in [1.807, 2.05) is 6.92 Å². The number of nitrogens with one attached hydrogen (secondary N) is 3. The van der Waals surface area contributed by atoms with E-state index in [9.17, 15) is 9.59 Å². The second-order valence-electron chi connectivity index (χ2n) is 6.64. The highest BCUT2D eigenvalue weighted by Crippen LogP contribution is 2.32. The molecule has 0 spiro atoms. The van der Waals surface area contributed by atoms with Gasteiger partial charge in [0.25, 0.3) is 11.8 Å². The van der Waals surface area contributed by atoms with E-state index < -0.39 is 0 Å². The van der Waals surface area contributed by atoms with Crippen molar-refractivity contribution >= 4 is 23.2 Å². The van der Waals surface area contributed by atoms with Crippen molar-refractivity contribution in [3.8, 4) is 17.2 Å². The lowest BCUT2D eigenvalue weighted by Crippen LogP contribution is -3.13. The molecule has 0 fully saturated rings. The number of hydrogen-bond donors (Lipinski definition) is 3. The molecule has 0 saturated heterocycles. The van der Waals surface area contributed by atoms with Crippen LogP contribution in [0, 0.1) is 0 Å². The van der Waals surface area contributed by atoms with E-state index in [4.69, 9.17) is 14.2 Å². The number of carbonyl (C=O) groups excluding carboxylic acids is 2. The molecule has 1 aliphatic heterocycles. The van der Waals surface area contributed by atoms with Gasteiger partial charge in [-0.25, -0.2) is 0 Å². The number of quaternary nitrogens is 1. The molecule has 1 atom stereocenters. The Kier molecular flexibility index (Phi) is 6.91. The summed E-state index contributed by atoms with van der Waals surface area (Å²) < 4.78 is 16.1. The predicted molar refractivity (Wildman–Crippen MR) is 109 cm³/mol. The van der Waals surface area contributed by atoms with Gasteiger partial charge in [-0.15, -0.1) is 0 Å². The molecular weight excluding hydrogens is 374 g/mol. The maximum absolute atomic E-state index is 12.4. The van der Waals surface area contributed by atoms with Gasteiger partial charge < -0.3 is 29.7 Å². The summed E-state index contributed by atoms with van der Waals surface area (Å²) in [6, 6.07) is 12.4. The fourth-order valence-electron chi connectivity index (χ4n) is 2.97. The number of rotatable bonds is 8. The summed E-state index contributed by atoms with van der Waals surface area (Å²) in [5.41, 5.74) is 1.32. The van der Waals surface area contributed by atoms with Crippen LogP contribution < -0.4 is 29.7 Å². The highest BCUT2D eigenvalue weighted by Gasteiger charge is 2.18. The van der Waals surface area contributed by atoms with E-state index in [0.717, 1.165) is 10.6 Å². The summed E-state index contributed by atoms with van der Waals surface area (Å²) in [6.45, 7) is 3.96. The zero-order valence-electron chi connectivity index (χ0n) is 16.6. The number of amides is 2. The molecule has 3 rings (SSSR count). The maximum Gasteiger partial charge on any atom is 0.279 e. The number of benzene rings is 2. The van der Waals surface area contributed by atoms with Crippen molar-refractivity contribution in [1.29, 1.82) is 0 Å². The van der Waals surface area contributed by atoms with Crippen molar-refractivity contribution in [1.82, 2.24) is 0 Å². The van der Waals surface area contributed by atoms with E-state index in [0.29, 0.717) is 42.6 Å². The van der Waals surface area contributed by atoms with E-state index in [2.05, 4.69) is 10.6 Å². The minimum absolute atomic E-state index is 0.154. The van der Waals surface area contributed by atoms with Crippen molar-refractivity contribution < 1.29 is 28.7 Å². The Labute approximate surface area is 169 Å². The van der Waals surface area contributed by atoms with Crippen LogP contribution in [-0.2, 0) is 9.59 Å². The van der Waals surface area contributed by atoms with E-state index in [1.165, 1.54) is 0 Å². The Hall–Kier alpha value is -3.26. The van der Waals surface area contributed by atoms with Gasteiger partial charge in [0.2, 0.25) is 0 Å². The Bertz CT molecular complexity index is 854. The van der Waals surface area contributed by atoms with E-state index in [1.54, 1.807) is 49.6 Å². The van der Waals surface area contributed by atoms with Crippen LogP contribution >= 0.6 is 0 Å². The summed E-state index contributed by atoms with van der Waals surface area (Å²) in [7, 11) is 1.59. The first-order valence-electron chi connectivity index (χ1n) is 9.54. The summed E-state index contributed by atoms with van der Waals surface area (Å²) in [5.74, 6) is 1.69. The molecule has 0 bridgehead atoms. The largest absolute Gasteiger partial charge is 0.497 e. The van der Waals surface area contributed by atoms with Crippen LogP contribution in [0.3, 0.4) is 0 Å². The Morgan fingerprint density at radius 2 is 1.52 bits per heavy atom. The number of ether oxygens (including phenoxy) is 3. The molecule has 1 aliphatic rings. The first kappa shape index (κ1) is 20.5. The van der Waals surface area contributed by atoms with Crippen LogP contribution in [-0.4, -0.2) is 51.8 Å². The second-order valence-corrected chi connectivity index (χ2v) is 6.64. The molecule has 0 aromatic heterocycles. The van der Waals surface area contributed by atoms with Gasteiger partial charge in [-0.05, 0) is 43.3 Å². The van der Waals surface area contributed by atoms with Crippen molar-refractivity contribution in [2.24, 2.45) is 0 Å². The van der Waals surface area contributed by atoms with Gasteiger partial charge >= 0.3 is 0 Å². The molecular formula is C21H26N3O5+. The van der Waals surface area contributed by atoms with E-state index >= 15 is 0 Å². The fourth-order valence-corrected chi connectivity index (χ4v) is 2.97. The lowest BCUT2D eigenvalue weighted by Gasteiger charge is -2.20. The van der Waals surface area contributed by atoms with Crippen molar-refractivity contribution in [2.75, 3.05) is 50.6 Å². The molecule has 0 aliphatic carbocycles. The average molecular weight is 400 g/mol. The summed E-state index contributed by atoms with van der Waals surface area (Å²) in [5, 5.41) is 5.69. The molecule has 29 heavy (non-hydrogen) atoms. The monoisotopic (exact) mass is 400 g/mol. The van der Waals surface area contributed by atoms with Crippen LogP contribution in [0.5, 0.6) is 17.2 Å². The van der Waals surface area contributed by atoms with Gasteiger partial charge in [0, 0.05) is 17.4 Å². The molecule has 154 valence electrons. The van der Waals surface area contributed by atoms with Crippen LogP contribution in [0.25, 0.3) is 0 Å². The molecule has 8 heteroatoms. The third-order valence-electron chi connectivity index (χ3n) is 4.52. The number of fused-ring (bicyclic) bond motifs is 1. The number of carbonyl (C=O) groups is 2. The molecule has 8 nitrogen and oxygen atoms in total. The average Bonchev–Trinajstić information content (AvgIpc) is 2.73. The van der Waals surface area contributed by atoms with Crippen LogP contribution in [0.15, 0.2) is 42.5 Å². The Balaban J connectivity index is 1.50. The fraction of sp³-hybridized carbons (Fsp3) is 0.333. The molecule has 2 aromatic carbocycles. The number of likely N-dealkylation sites (N-methyl/N-ethyl adjacent to an activating group) is 1. The summed E-state index contributed by atoms with van der Waals surface area (Å²) >= 11 is 0. The SMILES string of the molecule is CC[NH+](CC(=O)Nc1ccc(OC)cc1)CC(=O)Nc1ccc2c(c1)OCCO2. The van der Waals surface area contributed by atoms with Crippen LogP contribution in [0.4, 0.5) is 11.4 Å². The predicted octanol–water partition coefficient (Wildman–Crippen LogP) is 0.948. The smallest absolute Gasteiger partial charge is 0.279 e. The molecule has 1 heterocycles. The first-order chi connectivity index (χ1) is 14.1. The minimum Gasteiger partial charge on any atom is -0.497 e. The summed E-state index contributed by atoms with van der Waals surface area (Å²) in [6.07, 6.45) is 0. The van der Waals surface area contributed by atoms with Gasteiger partial charge in [0.05, 0.1) is 13.7 Å². The van der Waals surface area contributed by atoms with Crippen molar-refractivity contribution in [2.45, 2.75) is 6.92 Å². The van der Waals surface area contributed by atoms with Crippen molar-refractivity contribution in [3.05, 3.63) is 42.5 Å². The minimum atomic E-state index is -0.171. The van der Waals surface area contributed by atoms with Gasteiger partial charge in [0.1, 0.15) is 19.0 Å². The number of anilines is 2. The lowest BCUT2D eigenvalue weighted by atomic mass is 10.2. The normalized spacial score (nSPS) is 13.3. The van der Waals surface area contributed by atoms with E-state index in [-0.39, 0.29) is 24.9 Å². The lowest BCUT2D eigenvalue weighted by molar-refractivity contribution is -0.881. The molecule has 0 saturated carbocycles. The zero-order chi connectivity index (χ0) is 20.6. The zero-order valence-corrected chi connectivity index (χ0v) is 16.6. The molecule has 1 unspecified atom stereocenters. The third-order valence-corrected chi connectivity index (χ3v) is 4.52. The number of hydrogen-bond acceptors (Lipinski definition) is 5. The topological polar surface area (TPSA) is 90.3 Å². The Morgan fingerprint density at radius 3 is 2.14 bits per heavy atom. The number of methoxy groups -OCH3 is 1. The van der Waals surface area contributed by atoms with Gasteiger partial charge in [0.15, 0.2) is 24.6 Å². The Morgan fingerprint density at radius 1 is 0.931 bits per heavy atom. The molecule has 3 N–H and O–H groups in total. The summed E-state index contributed by atoms with van der Waals surface area (Å²) in [4.78, 5) is 25.6. The first-order valence-corrected chi connectivity index (χ1v) is 9.54. The van der Waals surface area contributed by atoms with Crippen LogP contribution in [0.2, 0.25) is 0 Å². The van der Waals surface area contributed by atoms with Crippen LogP contribution in [0.1, 0.15) is 6.92 Å². The second kappa shape index (κ2) is 9.79.